The predicted molar refractivity (Wildman–Crippen MR) is 119 cm³/mol. The molecular weight excluding hydrogens is 408 g/mol. The largest absolute Gasteiger partial charge is 0.393 e. The molecule has 1 aromatic carbocycles. The van der Waals surface area contributed by atoms with Crippen LogP contribution in [0.5, 0.6) is 0 Å². The van der Waals surface area contributed by atoms with Crippen molar-refractivity contribution in [3.05, 3.63) is 51.1 Å². The molecule has 0 bridgehead atoms. The van der Waals surface area contributed by atoms with Crippen molar-refractivity contribution in [3.63, 3.8) is 0 Å². The molecule has 2 saturated heterocycles. The summed E-state index contributed by atoms with van der Waals surface area (Å²) < 4.78 is 7.59. The molecule has 9 heteroatoms. The van der Waals surface area contributed by atoms with E-state index in [4.69, 9.17) is 4.74 Å². The average molecular weight is 439 g/mol. The molecule has 2 aliphatic heterocycles. The van der Waals surface area contributed by atoms with Crippen molar-refractivity contribution in [3.8, 4) is 0 Å². The van der Waals surface area contributed by atoms with E-state index in [1.54, 1.807) is 4.68 Å². The normalized spacial score (nSPS) is 21.4. The van der Waals surface area contributed by atoms with Crippen LogP contribution >= 0.6 is 0 Å². The number of nitrogens with one attached hydrogen (secondary N) is 1. The SMILES string of the molecule is Cc1cc(C)c2[nH]c(=O)c([C@@H](c3nnnn3C[C@H]3CCCO3)N3CCC(O)CC3)cc2c1. The summed E-state index contributed by atoms with van der Waals surface area (Å²) in [4.78, 5) is 18.6. The number of piperidine rings is 1. The van der Waals surface area contributed by atoms with Gasteiger partial charge in [0.05, 0.1) is 24.3 Å². The van der Waals surface area contributed by atoms with Crippen LogP contribution in [0.25, 0.3) is 10.9 Å². The standard InChI is InChI=1S/C23H30N6O3/c1-14-10-15(2)20-16(11-14)12-19(23(31)24-20)21(28-7-5-17(30)6-8-28)22-25-26-27-29(22)13-18-4-3-9-32-18/h10-12,17-18,21,30H,3-9,13H2,1-2H3,(H,24,31)/t18-,21+/m1/s1. The van der Waals surface area contributed by atoms with E-state index in [0.717, 1.165) is 41.5 Å². The smallest absolute Gasteiger partial charge is 0.253 e. The lowest BCUT2D eigenvalue weighted by Crippen LogP contribution is -2.42. The van der Waals surface area contributed by atoms with E-state index in [9.17, 15) is 9.90 Å². The van der Waals surface area contributed by atoms with Crippen LogP contribution in [0.3, 0.4) is 0 Å². The van der Waals surface area contributed by atoms with E-state index < -0.39 is 6.04 Å². The second-order valence-electron chi connectivity index (χ2n) is 9.12. The lowest BCUT2D eigenvalue weighted by molar-refractivity contribution is 0.0632. The Morgan fingerprint density at radius 3 is 2.78 bits per heavy atom. The molecule has 2 atom stereocenters. The highest BCUT2D eigenvalue weighted by Crippen LogP contribution is 2.30. The Labute approximate surface area is 186 Å². The summed E-state index contributed by atoms with van der Waals surface area (Å²) in [5.74, 6) is 0.645. The molecule has 5 rings (SSSR count). The molecule has 0 unspecified atom stereocenters. The van der Waals surface area contributed by atoms with E-state index >= 15 is 0 Å². The number of fused-ring (bicyclic) bond motifs is 1. The van der Waals surface area contributed by atoms with Crippen molar-refractivity contribution in [1.29, 1.82) is 0 Å². The van der Waals surface area contributed by atoms with Gasteiger partial charge in [0, 0.05) is 25.3 Å². The van der Waals surface area contributed by atoms with E-state index in [1.807, 2.05) is 13.0 Å². The third-order valence-electron chi connectivity index (χ3n) is 6.69. The minimum atomic E-state index is -0.395. The van der Waals surface area contributed by atoms with Crippen molar-refractivity contribution in [2.45, 2.75) is 64.3 Å². The van der Waals surface area contributed by atoms with Gasteiger partial charge in [0.25, 0.3) is 5.56 Å². The fraction of sp³-hybridized carbons (Fsp3) is 0.565. The summed E-state index contributed by atoms with van der Waals surface area (Å²) in [5, 5.41) is 23.6. The zero-order valence-corrected chi connectivity index (χ0v) is 18.6. The molecule has 0 spiro atoms. The summed E-state index contributed by atoms with van der Waals surface area (Å²) >= 11 is 0. The second-order valence-corrected chi connectivity index (χ2v) is 9.12. The Morgan fingerprint density at radius 2 is 2.03 bits per heavy atom. The highest BCUT2D eigenvalue weighted by atomic mass is 16.5. The lowest BCUT2D eigenvalue weighted by Gasteiger charge is -2.35. The number of ether oxygens (including phenoxy) is 1. The molecule has 170 valence electrons. The Kier molecular flexibility index (Phi) is 5.79. The first kappa shape index (κ1) is 21.2. The number of aromatic amines is 1. The molecule has 0 radical (unpaired) electrons. The van der Waals surface area contributed by atoms with E-state index in [1.165, 1.54) is 0 Å². The van der Waals surface area contributed by atoms with Crippen molar-refractivity contribution in [1.82, 2.24) is 30.1 Å². The molecule has 2 aliphatic rings. The molecule has 2 N–H and O–H groups in total. The maximum absolute atomic E-state index is 13.3. The Bertz CT molecular complexity index is 1160. The molecule has 0 amide bonds. The first-order valence-electron chi connectivity index (χ1n) is 11.4. The number of pyridine rings is 1. The van der Waals surface area contributed by atoms with E-state index in [-0.39, 0.29) is 17.8 Å². The van der Waals surface area contributed by atoms with Crippen LogP contribution in [0, 0.1) is 13.8 Å². The molecule has 2 aromatic heterocycles. The van der Waals surface area contributed by atoms with Crippen molar-refractivity contribution < 1.29 is 9.84 Å². The number of tetrazole rings is 1. The molecule has 0 aliphatic carbocycles. The quantitative estimate of drug-likeness (QED) is 0.626. The fourth-order valence-electron chi connectivity index (χ4n) is 5.07. The Hall–Kier alpha value is -2.62. The van der Waals surface area contributed by atoms with Gasteiger partial charge in [-0.2, -0.15) is 0 Å². The number of hydrogen-bond donors (Lipinski definition) is 2. The van der Waals surface area contributed by atoms with Crippen molar-refractivity contribution in [2.75, 3.05) is 19.7 Å². The molecule has 2 fully saturated rings. The number of rotatable bonds is 5. The summed E-state index contributed by atoms with van der Waals surface area (Å²) in [6.07, 6.45) is 3.12. The number of aromatic nitrogens is 5. The maximum atomic E-state index is 13.3. The van der Waals surface area contributed by atoms with Crippen molar-refractivity contribution in [2.24, 2.45) is 0 Å². The average Bonchev–Trinajstić information content (AvgIpc) is 3.44. The van der Waals surface area contributed by atoms with E-state index in [0.29, 0.717) is 43.9 Å². The maximum Gasteiger partial charge on any atom is 0.253 e. The van der Waals surface area contributed by atoms with Crippen LogP contribution in [0.15, 0.2) is 23.0 Å². The summed E-state index contributed by atoms with van der Waals surface area (Å²) in [6.45, 7) is 6.74. The second kappa shape index (κ2) is 8.73. The zero-order chi connectivity index (χ0) is 22.2. The van der Waals surface area contributed by atoms with Crippen LogP contribution in [0.2, 0.25) is 0 Å². The minimum Gasteiger partial charge on any atom is -0.393 e. The molecule has 4 heterocycles. The number of benzene rings is 1. The number of H-pyrrole nitrogens is 1. The van der Waals surface area contributed by atoms with Gasteiger partial charge in [0.2, 0.25) is 0 Å². The highest BCUT2D eigenvalue weighted by Gasteiger charge is 2.33. The monoisotopic (exact) mass is 438 g/mol. The minimum absolute atomic E-state index is 0.0845. The van der Waals surface area contributed by atoms with Crippen molar-refractivity contribution >= 4 is 10.9 Å². The van der Waals surface area contributed by atoms with Gasteiger partial charge < -0.3 is 14.8 Å². The third-order valence-corrected chi connectivity index (χ3v) is 6.69. The van der Waals surface area contributed by atoms with Gasteiger partial charge in [0.1, 0.15) is 6.04 Å². The number of aliphatic hydroxyl groups is 1. The van der Waals surface area contributed by atoms with Gasteiger partial charge >= 0.3 is 0 Å². The number of nitrogens with zero attached hydrogens (tertiary/aromatic N) is 5. The zero-order valence-electron chi connectivity index (χ0n) is 18.6. The summed E-state index contributed by atoms with van der Waals surface area (Å²) in [5.41, 5.74) is 3.55. The molecule has 3 aromatic rings. The van der Waals surface area contributed by atoms with Gasteiger partial charge in [-0.15, -0.1) is 5.10 Å². The van der Waals surface area contributed by atoms with E-state index in [2.05, 4.69) is 44.5 Å². The summed E-state index contributed by atoms with van der Waals surface area (Å²) in [6, 6.07) is 5.75. The lowest BCUT2D eigenvalue weighted by atomic mass is 9.98. The number of aryl methyl sites for hydroxylation is 2. The predicted octanol–water partition coefficient (Wildman–Crippen LogP) is 1.86. The number of aliphatic hydroxyl groups excluding tert-OH is 1. The summed E-state index contributed by atoms with van der Waals surface area (Å²) in [7, 11) is 0. The van der Waals surface area contributed by atoms with Crippen LogP contribution in [-0.4, -0.2) is 67.1 Å². The fourth-order valence-corrected chi connectivity index (χ4v) is 5.07. The molecular formula is C23H30N6O3. The van der Waals surface area contributed by atoms with Gasteiger partial charge in [0.15, 0.2) is 5.82 Å². The van der Waals surface area contributed by atoms with Gasteiger partial charge in [-0.25, -0.2) is 4.68 Å². The van der Waals surface area contributed by atoms with Gasteiger partial charge in [-0.05, 0) is 73.0 Å². The Balaban J connectivity index is 1.61. The van der Waals surface area contributed by atoms with Crippen LogP contribution in [0.4, 0.5) is 0 Å². The number of hydrogen-bond acceptors (Lipinski definition) is 7. The topological polar surface area (TPSA) is 109 Å². The molecule has 0 saturated carbocycles. The third kappa shape index (κ3) is 4.07. The highest BCUT2D eigenvalue weighted by molar-refractivity contribution is 5.83. The number of likely N-dealkylation sites (tertiary alicyclic amines) is 1. The van der Waals surface area contributed by atoms with Gasteiger partial charge in [-0.1, -0.05) is 11.6 Å². The molecule has 9 nitrogen and oxygen atoms in total. The molecule has 32 heavy (non-hydrogen) atoms. The van der Waals surface area contributed by atoms with Gasteiger partial charge in [-0.3, -0.25) is 9.69 Å². The first-order valence-corrected chi connectivity index (χ1v) is 11.4. The van der Waals surface area contributed by atoms with Crippen LogP contribution in [-0.2, 0) is 11.3 Å². The first-order chi connectivity index (χ1) is 15.5. The van der Waals surface area contributed by atoms with Crippen LogP contribution in [0.1, 0.15) is 54.2 Å². The Morgan fingerprint density at radius 1 is 1.22 bits per heavy atom. The van der Waals surface area contributed by atoms with Crippen LogP contribution < -0.4 is 5.56 Å².